The van der Waals surface area contributed by atoms with E-state index in [9.17, 15) is 9.18 Å². The van der Waals surface area contributed by atoms with E-state index in [1.54, 1.807) is 30.8 Å². The number of halogens is 1. The van der Waals surface area contributed by atoms with E-state index in [1.165, 1.54) is 12.3 Å². The van der Waals surface area contributed by atoms with Gasteiger partial charge in [0, 0.05) is 18.3 Å². The first-order valence-corrected chi connectivity index (χ1v) is 5.30. The minimum atomic E-state index is -0.364. The molecule has 88 valence electrons. The van der Waals surface area contributed by atoms with E-state index in [-0.39, 0.29) is 11.6 Å². The van der Waals surface area contributed by atoms with Crippen LogP contribution in [-0.2, 0) is 7.05 Å². The Balaban J connectivity index is 2.44. The van der Waals surface area contributed by atoms with Gasteiger partial charge in [0.15, 0.2) is 5.78 Å². The number of aromatic nitrogens is 2. The Kier molecular flexibility index (Phi) is 2.79. The summed E-state index contributed by atoms with van der Waals surface area (Å²) < 4.78 is 15.0. The van der Waals surface area contributed by atoms with E-state index in [0.717, 1.165) is 5.69 Å². The monoisotopic (exact) mass is 232 g/mol. The minimum Gasteiger partial charge on any atom is -0.288 e. The second-order valence-electron chi connectivity index (χ2n) is 4.06. The number of rotatable bonds is 2. The highest BCUT2D eigenvalue weighted by molar-refractivity contribution is 6.09. The third-order valence-corrected chi connectivity index (χ3v) is 2.91. The average Bonchev–Trinajstić information content (AvgIpc) is 2.63. The van der Waals surface area contributed by atoms with E-state index < -0.39 is 0 Å². The van der Waals surface area contributed by atoms with Crippen molar-refractivity contribution in [3.8, 4) is 0 Å². The predicted molar refractivity (Wildman–Crippen MR) is 62.5 cm³/mol. The molecule has 0 radical (unpaired) electrons. The van der Waals surface area contributed by atoms with Gasteiger partial charge in [-0.1, -0.05) is 12.1 Å². The molecular formula is C13H13FN2O. The van der Waals surface area contributed by atoms with Crippen LogP contribution in [0.2, 0.25) is 0 Å². The number of hydrogen-bond acceptors (Lipinski definition) is 2. The quantitative estimate of drug-likeness (QED) is 0.745. The Hall–Kier alpha value is -1.97. The first kappa shape index (κ1) is 11.5. The highest BCUT2D eigenvalue weighted by Gasteiger charge is 2.15. The molecule has 3 nitrogen and oxygen atoms in total. The molecule has 1 aromatic heterocycles. The van der Waals surface area contributed by atoms with Crippen molar-refractivity contribution in [2.24, 2.45) is 7.05 Å². The first-order chi connectivity index (χ1) is 8.00. The fourth-order valence-corrected chi connectivity index (χ4v) is 1.61. The SMILES string of the molecule is Cc1ccc(C(=O)c2cnn(C)c2C)cc1F. The van der Waals surface area contributed by atoms with Gasteiger partial charge in [-0.25, -0.2) is 4.39 Å². The van der Waals surface area contributed by atoms with Gasteiger partial charge >= 0.3 is 0 Å². The van der Waals surface area contributed by atoms with Crippen LogP contribution in [0.1, 0.15) is 27.2 Å². The van der Waals surface area contributed by atoms with Gasteiger partial charge in [-0.15, -0.1) is 0 Å². The highest BCUT2D eigenvalue weighted by Crippen LogP contribution is 2.15. The van der Waals surface area contributed by atoms with Crippen molar-refractivity contribution in [1.29, 1.82) is 0 Å². The number of ketones is 1. The van der Waals surface area contributed by atoms with Gasteiger partial charge in [0.05, 0.1) is 11.8 Å². The van der Waals surface area contributed by atoms with E-state index in [2.05, 4.69) is 5.10 Å². The molecule has 0 amide bonds. The molecule has 2 aromatic rings. The van der Waals surface area contributed by atoms with E-state index in [4.69, 9.17) is 0 Å². The van der Waals surface area contributed by atoms with Gasteiger partial charge < -0.3 is 0 Å². The summed E-state index contributed by atoms with van der Waals surface area (Å²) in [6.07, 6.45) is 1.51. The molecule has 0 bridgehead atoms. The molecule has 0 unspecified atom stereocenters. The van der Waals surface area contributed by atoms with E-state index in [1.807, 2.05) is 6.92 Å². The average molecular weight is 232 g/mol. The molecule has 0 atom stereocenters. The van der Waals surface area contributed by atoms with Crippen molar-refractivity contribution in [2.45, 2.75) is 13.8 Å². The summed E-state index contributed by atoms with van der Waals surface area (Å²) in [6, 6.07) is 4.51. The van der Waals surface area contributed by atoms with Crippen LogP contribution in [0.15, 0.2) is 24.4 Å². The summed E-state index contributed by atoms with van der Waals surface area (Å²) in [5.74, 6) is -0.563. The zero-order valence-electron chi connectivity index (χ0n) is 9.99. The van der Waals surface area contributed by atoms with Crippen molar-refractivity contribution in [1.82, 2.24) is 9.78 Å². The molecular weight excluding hydrogens is 219 g/mol. The minimum absolute atomic E-state index is 0.200. The van der Waals surface area contributed by atoms with Crippen LogP contribution in [0.5, 0.6) is 0 Å². The van der Waals surface area contributed by atoms with Gasteiger partial charge in [-0.05, 0) is 25.5 Å². The van der Waals surface area contributed by atoms with Gasteiger partial charge in [-0.3, -0.25) is 9.48 Å². The highest BCUT2D eigenvalue weighted by atomic mass is 19.1. The number of aryl methyl sites for hydroxylation is 2. The van der Waals surface area contributed by atoms with Gasteiger partial charge in [-0.2, -0.15) is 5.10 Å². The molecule has 0 saturated heterocycles. The molecule has 0 aliphatic rings. The van der Waals surface area contributed by atoms with Crippen molar-refractivity contribution in [3.05, 3.63) is 52.6 Å². The van der Waals surface area contributed by atoms with Crippen LogP contribution in [0.3, 0.4) is 0 Å². The number of benzene rings is 1. The van der Waals surface area contributed by atoms with Crippen LogP contribution in [-0.4, -0.2) is 15.6 Å². The van der Waals surface area contributed by atoms with Crippen molar-refractivity contribution in [2.75, 3.05) is 0 Å². The van der Waals surface area contributed by atoms with E-state index >= 15 is 0 Å². The lowest BCUT2D eigenvalue weighted by molar-refractivity contribution is 0.103. The predicted octanol–water partition coefficient (Wildman–Crippen LogP) is 2.41. The fourth-order valence-electron chi connectivity index (χ4n) is 1.61. The summed E-state index contributed by atoms with van der Waals surface area (Å²) in [6.45, 7) is 3.48. The Morgan fingerprint density at radius 1 is 1.35 bits per heavy atom. The Bertz CT molecular complexity index is 587. The second-order valence-corrected chi connectivity index (χ2v) is 4.06. The Morgan fingerprint density at radius 2 is 2.06 bits per heavy atom. The van der Waals surface area contributed by atoms with Crippen LogP contribution in [0, 0.1) is 19.7 Å². The summed E-state index contributed by atoms with van der Waals surface area (Å²) in [5.41, 5.74) is 2.17. The summed E-state index contributed by atoms with van der Waals surface area (Å²) in [7, 11) is 1.77. The molecule has 1 heterocycles. The van der Waals surface area contributed by atoms with Gasteiger partial charge in [0.25, 0.3) is 0 Å². The van der Waals surface area contributed by atoms with Crippen LogP contribution < -0.4 is 0 Å². The molecule has 1 aromatic carbocycles. The molecule has 4 heteroatoms. The maximum Gasteiger partial charge on any atom is 0.196 e. The molecule has 17 heavy (non-hydrogen) atoms. The normalized spacial score (nSPS) is 10.6. The third kappa shape index (κ3) is 1.98. The Morgan fingerprint density at radius 3 is 2.59 bits per heavy atom. The zero-order chi connectivity index (χ0) is 12.6. The lowest BCUT2D eigenvalue weighted by Crippen LogP contribution is -2.04. The fraction of sp³-hybridized carbons (Fsp3) is 0.231. The summed E-state index contributed by atoms with van der Waals surface area (Å²) >= 11 is 0. The molecule has 0 spiro atoms. The maximum absolute atomic E-state index is 13.4. The third-order valence-electron chi connectivity index (χ3n) is 2.91. The molecule has 2 rings (SSSR count). The van der Waals surface area contributed by atoms with Crippen LogP contribution in [0.4, 0.5) is 4.39 Å². The van der Waals surface area contributed by atoms with Crippen molar-refractivity contribution in [3.63, 3.8) is 0 Å². The largest absolute Gasteiger partial charge is 0.288 e. The molecule has 0 fully saturated rings. The number of carbonyl (C=O) groups excluding carboxylic acids is 1. The lowest BCUT2D eigenvalue weighted by atomic mass is 10.0. The first-order valence-electron chi connectivity index (χ1n) is 5.30. The summed E-state index contributed by atoms with van der Waals surface area (Å²) in [4.78, 5) is 12.1. The topological polar surface area (TPSA) is 34.9 Å². The van der Waals surface area contributed by atoms with Gasteiger partial charge in [0.1, 0.15) is 5.82 Å². The zero-order valence-corrected chi connectivity index (χ0v) is 9.99. The molecule has 0 aliphatic carbocycles. The smallest absolute Gasteiger partial charge is 0.196 e. The van der Waals surface area contributed by atoms with Crippen molar-refractivity contribution >= 4 is 5.78 Å². The Labute approximate surface area is 98.9 Å². The van der Waals surface area contributed by atoms with Crippen LogP contribution >= 0.6 is 0 Å². The molecule has 0 N–H and O–H groups in total. The number of nitrogens with zero attached hydrogens (tertiary/aromatic N) is 2. The number of carbonyl (C=O) groups is 1. The van der Waals surface area contributed by atoms with Crippen LogP contribution in [0.25, 0.3) is 0 Å². The summed E-state index contributed by atoms with van der Waals surface area (Å²) in [5, 5.41) is 4.00. The molecule has 0 saturated carbocycles. The maximum atomic E-state index is 13.4. The second kappa shape index (κ2) is 4.13. The molecule has 0 aliphatic heterocycles. The number of hydrogen-bond donors (Lipinski definition) is 0. The lowest BCUT2D eigenvalue weighted by Gasteiger charge is -2.02. The van der Waals surface area contributed by atoms with Gasteiger partial charge in [0.2, 0.25) is 0 Å². The van der Waals surface area contributed by atoms with E-state index in [0.29, 0.717) is 16.7 Å². The van der Waals surface area contributed by atoms with Crippen molar-refractivity contribution < 1.29 is 9.18 Å². The standard InChI is InChI=1S/C13H13FN2O/c1-8-4-5-10(6-12(8)14)13(17)11-7-15-16(3)9(11)2/h4-7H,1-3H3.